The van der Waals surface area contributed by atoms with Crippen molar-refractivity contribution in [3.63, 3.8) is 0 Å². The van der Waals surface area contributed by atoms with Gasteiger partial charge in [0.15, 0.2) is 0 Å². The van der Waals surface area contributed by atoms with Crippen LogP contribution in [0, 0.1) is 0 Å². The third kappa shape index (κ3) is 3.23. The highest BCUT2D eigenvalue weighted by Crippen LogP contribution is 2.33. The zero-order chi connectivity index (χ0) is 14.7. The molecule has 2 aromatic carbocycles. The number of methoxy groups -OCH3 is 1. The van der Waals surface area contributed by atoms with E-state index in [0.29, 0.717) is 26.7 Å². The lowest BCUT2D eigenvalue weighted by Crippen LogP contribution is -2.05. The molecule has 20 heavy (non-hydrogen) atoms. The number of halogens is 2. The zero-order valence-electron chi connectivity index (χ0n) is 10.5. The number of anilines is 1. The first-order valence-electron chi connectivity index (χ1n) is 5.62. The highest BCUT2D eigenvalue weighted by Gasteiger charge is 2.12. The average Bonchev–Trinajstić information content (AvgIpc) is 2.43. The summed E-state index contributed by atoms with van der Waals surface area (Å²) in [7, 11) is 1.30. The Hall–Kier alpha value is -1.72. The second-order valence-electron chi connectivity index (χ2n) is 3.92. The number of hydrogen-bond acceptors (Lipinski definition) is 4. The van der Waals surface area contributed by atoms with Crippen molar-refractivity contribution in [2.45, 2.75) is 0 Å². The normalized spacial score (nSPS) is 10.2. The van der Waals surface area contributed by atoms with E-state index in [1.54, 1.807) is 30.3 Å². The molecule has 6 heteroatoms. The smallest absolute Gasteiger partial charge is 0.340 e. The van der Waals surface area contributed by atoms with Gasteiger partial charge < -0.3 is 15.2 Å². The lowest BCUT2D eigenvalue weighted by molar-refractivity contribution is 0.0601. The first kappa shape index (κ1) is 14.7. The summed E-state index contributed by atoms with van der Waals surface area (Å²) in [5.74, 6) is 0.542. The van der Waals surface area contributed by atoms with Crippen molar-refractivity contribution in [1.82, 2.24) is 0 Å². The van der Waals surface area contributed by atoms with Crippen molar-refractivity contribution in [2.24, 2.45) is 0 Å². The minimum absolute atomic E-state index is 0.259. The van der Waals surface area contributed by atoms with Crippen molar-refractivity contribution in [2.75, 3.05) is 12.8 Å². The van der Waals surface area contributed by atoms with Gasteiger partial charge in [0.25, 0.3) is 0 Å². The molecular weight excluding hydrogens is 346 g/mol. The van der Waals surface area contributed by atoms with Crippen molar-refractivity contribution in [1.29, 1.82) is 0 Å². The second-order valence-corrected chi connectivity index (χ2v) is 5.21. The van der Waals surface area contributed by atoms with Gasteiger partial charge in [-0.2, -0.15) is 0 Å². The van der Waals surface area contributed by atoms with Gasteiger partial charge in [0, 0.05) is 10.7 Å². The Bertz CT molecular complexity index is 661. The molecule has 104 valence electrons. The Labute approximate surface area is 129 Å². The van der Waals surface area contributed by atoms with Crippen LogP contribution < -0.4 is 10.5 Å². The quantitative estimate of drug-likeness (QED) is 0.659. The molecule has 0 aliphatic heterocycles. The fourth-order valence-electron chi connectivity index (χ4n) is 1.57. The summed E-state index contributed by atoms with van der Waals surface area (Å²) in [6.45, 7) is 0. The molecule has 0 saturated heterocycles. The molecule has 2 rings (SSSR count). The Morgan fingerprint density at radius 2 is 2.00 bits per heavy atom. The van der Waals surface area contributed by atoms with E-state index in [1.807, 2.05) is 0 Å². The maximum absolute atomic E-state index is 11.6. The maximum Gasteiger partial charge on any atom is 0.340 e. The van der Waals surface area contributed by atoms with Crippen LogP contribution >= 0.6 is 27.5 Å². The molecule has 0 fully saturated rings. The first-order valence-corrected chi connectivity index (χ1v) is 6.79. The van der Waals surface area contributed by atoms with Gasteiger partial charge in [-0.05, 0) is 52.3 Å². The second kappa shape index (κ2) is 6.15. The van der Waals surface area contributed by atoms with Crippen LogP contribution in [0.4, 0.5) is 5.69 Å². The fraction of sp³-hybridized carbons (Fsp3) is 0.0714. The van der Waals surface area contributed by atoms with Crippen LogP contribution in [0.25, 0.3) is 0 Å². The van der Waals surface area contributed by atoms with Crippen molar-refractivity contribution >= 4 is 39.2 Å². The minimum Gasteiger partial charge on any atom is -0.465 e. The summed E-state index contributed by atoms with van der Waals surface area (Å²) >= 11 is 9.22. The molecule has 2 N–H and O–H groups in total. The lowest BCUT2D eigenvalue weighted by Gasteiger charge is -2.10. The number of nitrogens with two attached hydrogens (primary N) is 1. The summed E-state index contributed by atoms with van der Waals surface area (Å²) in [6, 6.07) is 9.94. The van der Waals surface area contributed by atoms with Crippen LogP contribution in [-0.4, -0.2) is 13.1 Å². The molecule has 0 aliphatic rings. The van der Waals surface area contributed by atoms with E-state index in [4.69, 9.17) is 22.1 Å². The Kier molecular flexibility index (Phi) is 4.52. The summed E-state index contributed by atoms with van der Waals surface area (Å²) < 4.78 is 11.1. The topological polar surface area (TPSA) is 61.5 Å². The molecule has 0 amide bonds. The third-order valence-corrected chi connectivity index (χ3v) is 3.41. The molecule has 0 aromatic heterocycles. The SMILES string of the molecule is COC(=O)c1cc(Oc2ccc(Cl)cc2Br)ccc1N. The van der Waals surface area contributed by atoms with E-state index < -0.39 is 5.97 Å². The largest absolute Gasteiger partial charge is 0.465 e. The van der Waals surface area contributed by atoms with E-state index in [9.17, 15) is 4.79 Å². The number of nitrogen functional groups attached to an aromatic ring is 1. The van der Waals surface area contributed by atoms with Crippen LogP contribution in [0.3, 0.4) is 0 Å². The predicted octanol–water partition coefficient (Wildman–Crippen LogP) is 4.26. The average molecular weight is 357 g/mol. The molecule has 0 heterocycles. The van der Waals surface area contributed by atoms with Crippen molar-refractivity contribution in [3.05, 3.63) is 51.5 Å². The molecular formula is C14H11BrClNO3. The molecule has 4 nitrogen and oxygen atoms in total. The summed E-state index contributed by atoms with van der Waals surface area (Å²) in [5, 5.41) is 0.594. The Morgan fingerprint density at radius 3 is 2.65 bits per heavy atom. The summed E-state index contributed by atoms with van der Waals surface area (Å²) in [5.41, 5.74) is 6.32. The van der Waals surface area contributed by atoms with Crippen LogP contribution in [-0.2, 0) is 4.74 Å². The highest BCUT2D eigenvalue weighted by atomic mass is 79.9. The molecule has 0 unspecified atom stereocenters. The van der Waals surface area contributed by atoms with Crippen LogP contribution in [0.5, 0.6) is 11.5 Å². The highest BCUT2D eigenvalue weighted by molar-refractivity contribution is 9.10. The monoisotopic (exact) mass is 355 g/mol. The minimum atomic E-state index is -0.511. The number of rotatable bonds is 3. The van der Waals surface area contributed by atoms with Crippen LogP contribution in [0.15, 0.2) is 40.9 Å². The van der Waals surface area contributed by atoms with E-state index in [1.165, 1.54) is 13.2 Å². The summed E-state index contributed by atoms with van der Waals surface area (Å²) in [4.78, 5) is 11.6. The van der Waals surface area contributed by atoms with Crippen molar-refractivity contribution < 1.29 is 14.3 Å². The summed E-state index contributed by atoms with van der Waals surface area (Å²) in [6.07, 6.45) is 0. The van der Waals surface area contributed by atoms with Gasteiger partial charge in [0.05, 0.1) is 17.1 Å². The number of carbonyl (C=O) groups excluding carboxylic acids is 1. The fourth-order valence-corrected chi connectivity index (χ4v) is 2.33. The number of carbonyl (C=O) groups is 1. The first-order chi connectivity index (χ1) is 9.51. The van der Waals surface area contributed by atoms with E-state index >= 15 is 0 Å². The molecule has 0 saturated carbocycles. The van der Waals surface area contributed by atoms with E-state index in [2.05, 4.69) is 20.7 Å². The lowest BCUT2D eigenvalue weighted by atomic mass is 10.1. The van der Waals surface area contributed by atoms with Gasteiger partial charge in [-0.15, -0.1) is 0 Å². The van der Waals surface area contributed by atoms with Gasteiger partial charge >= 0.3 is 5.97 Å². The number of hydrogen-bond donors (Lipinski definition) is 1. The third-order valence-electron chi connectivity index (χ3n) is 2.55. The van der Waals surface area contributed by atoms with Crippen molar-refractivity contribution in [3.8, 4) is 11.5 Å². The number of benzene rings is 2. The van der Waals surface area contributed by atoms with Gasteiger partial charge in [0.1, 0.15) is 11.5 Å². The molecule has 0 radical (unpaired) electrons. The Balaban J connectivity index is 2.32. The van der Waals surface area contributed by atoms with Gasteiger partial charge in [-0.3, -0.25) is 0 Å². The van der Waals surface area contributed by atoms with Gasteiger partial charge in [-0.25, -0.2) is 4.79 Å². The van der Waals surface area contributed by atoms with E-state index in [0.717, 1.165) is 0 Å². The molecule has 0 bridgehead atoms. The molecule has 2 aromatic rings. The van der Waals surface area contributed by atoms with E-state index in [-0.39, 0.29) is 5.56 Å². The molecule has 0 atom stereocenters. The predicted molar refractivity (Wildman–Crippen MR) is 81.4 cm³/mol. The number of ether oxygens (including phenoxy) is 2. The zero-order valence-corrected chi connectivity index (χ0v) is 12.9. The Morgan fingerprint density at radius 1 is 1.25 bits per heavy atom. The van der Waals surface area contributed by atoms with Crippen LogP contribution in [0.2, 0.25) is 5.02 Å². The molecule has 0 aliphatic carbocycles. The maximum atomic E-state index is 11.6. The standard InChI is InChI=1S/C14H11BrClNO3/c1-19-14(18)10-7-9(3-4-12(10)17)20-13-5-2-8(16)6-11(13)15/h2-7H,17H2,1H3. The van der Waals surface area contributed by atoms with Gasteiger partial charge in [-0.1, -0.05) is 11.6 Å². The molecule has 0 spiro atoms. The van der Waals surface area contributed by atoms with Gasteiger partial charge in [0.2, 0.25) is 0 Å². The van der Waals surface area contributed by atoms with Crippen LogP contribution in [0.1, 0.15) is 10.4 Å². The number of esters is 1.